The van der Waals surface area contributed by atoms with Gasteiger partial charge in [-0.25, -0.2) is 0 Å². The van der Waals surface area contributed by atoms with Gasteiger partial charge in [-0.1, -0.05) is 11.6 Å². The molecule has 6 heteroatoms. The number of nitrogens with zero attached hydrogens (tertiary/aromatic N) is 2. The van der Waals surface area contributed by atoms with Crippen LogP contribution in [0.3, 0.4) is 0 Å². The van der Waals surface area contributed by atoms with Crippen molar-refractivity contribution in [3.05, 3.63) is 16.4 Å². The molecule has 0 amide bonds. The van der Waals surface area contributed by atoms with E-state index < -0.39 is 10.8 Å². The molecule has 1 aromatic rings. The minimum atomic E-state index is -0.703. The van der Waals surface area contributed by atoms with E-state index in [0.717, 1.165) is 41.7 Å². The van der Waals surface area contributed by atoms with Crippen molar-refractivity contribution in [1.29, 1.82) is 0 Å². The molecule has 0 spiro atoms. The van der Waals surface area contributed by atoms with Gasteiger partial charge in [0.2, 0.25) is 0 Å². The largest absolute Gasteiger partial charge is 0.311 e. The van der Waals surface area contributed by atoms with Crippen LogP contribution in [-0.4, -0.2) is 32.5 Å². The maximum Gasteiger partial charge on any atom is 0.0860 e. The van der Waals surface area contributed by atoms with Gasteiger partial charge in [0.1, 0.15) is 0 Å². The van der Waals surface area contributed by atoms with Crippen LogP contribution in [-0.2, 0) is 23.9 Å². The van der Waals surface area contributed by atoms with Crippen LogP contribution in [0.25, 0.3) is 0 Å². The van der Waals surface area contributed by atoms with Crippen LogP contribution in [0.2, 0.25) is 5.02 Å². The molecule has 1 aromatic heterocycles. The number of halogens is 1. The summed E-state index contributed by atoms with van der Waals surface area (Å²) in [6.45, 7) is 6.35. The Balaban J connectivity index is 2.43. The summed E-state index contributed by atoms with van der Waals surface area (Å²) < 4.78 is 12.8. The van der Waals surface area contributed by atoms with E-state index in [1.165, 1.54) is 0 Å². The highest BCUT2D eigenvalue weighted by atomic mass is 35.5. The monoisotopic (exact) mass is 277 g/mol. The van der Waals surface area contributed by atoms with Crippen LogP contribution in [0.1, 0.15) is 24.7 Å². The Morgan fingerprint density at radius 2 is 2.24 bits per heavy atom. The Labute approximate surface area is 110 Å². The van der Waals surface area contributed by atoms with Gasteiger partial charge in [-0.15, -0.1) is 0 Å². The van der Waals surface area contributed by atoms with E-state index in [4.69, 9.17) is 11.6 Å². The van der Waals surface area contributed by atoms with Crippen molar-refractivity contribution < 1.29 is 4.21 Å². The number of hydrogen-bond donors (Lipinski definition) is 1. The third-order valence-electron chi connectivity index (χ3n) is 2.53. The van der Waals surface area contributed by atoms with E-state index in [2.05, 4.69) is 10.4 Å². The standard InChI is InChI=1S/C11H20ClN3OS/c1-4-15-10(11(12)9(2)14-15)8-13-6-5-7-17(3)16/h13H,4-8H2,1-3H3. The lowest BCUT2D eigenvalue weighted by molar-refractivity contribution is 0.577. The summed E-state index contributed by atoms with van der Waals surface area (Å²) >= 11 is 6.18. The average Bonchev–Trinajstić information content (AvgIpc) is 2.55. The minimum Gasteiger partial charge on any atom is -0.311 e. The highest BCUT2D eigenvalue weighted by Crippen LogP contribution is 2.19. The van der Waals surface area contributed by atoms with Gasteiger partial charge < -0.3 is 5.32 Å². The fourth-order valence-electron chi connectivity index (χ4n) is 1.65. The van der Waals surface area contributed by atoms with Gasteiger partial charge in [-0.2, -0.15) is 5.10 Å². The summed E-state index contributed by atoms with van der Waals surface area (Å²) in [6.07, 6.45) is 2.65. The molecular weight excluding hydrogens is 258 g/mol. The highest BCUT2D eigenvalue weighted by Gasteiger charge is 2.11. The van der Waals surface area contributed by atoms with Crippen molar-refractivity contribution in [2.24, 2.45) is 0 Å². The lowest BCUT2D eigenvalue weighted by atomic mass is 10.3. The van der Waals surface area contributed by atoms with E-state index >= 15 is 0 Å². The summed E-state index contributed by atoms with van der Waals surface area (Å²) in [7, 11) is -0.703. The molecule has 0 saturated heterocycles. The Bertz CT molecular complexity index is 392. The lowest BCUT2D eigenvalue weighted by Gasteiger charge is -2.07. The van der Waals surface area contributed by atoms with Crippen LogP contribution in [0.5, 0.6) is 0 Å². The first kappa shape index (κ1) is 14.7. The van der Waals surface area contributed by atoms with Crippen molar-refractivity contribution in [2.75, 3.05) is 18.6 Å². The molecule has 0 aliphatic rings. The zero-order chi connectivity index (χ0) is 12.8. The van der Waals surface area contributed by atoms with Crippen molar-refractivity contribution in [2.45, 2.75) is 33.4 Å². The molecule has 0 aliphatic heterocycles. The fourth-order valence-corrected chi connectivity index (χ4v) is 2.40. The summed E-state index contributed by atoms with van der Waals surface area (Å²) in [6, 6.07) is 0. The predicted molar refractivity (Wildman–Crippen MR) is 72.9 cm³/mol. The van der Waals surface area contributed by atoms with Crippen LogP contribution >= 0.6 is 11.6 Å². The molecule has 4 nitrogen and oxygen atoms in total. The van der Waals surface area contributed by atoms with Gasteiger partial charge in [0.05, 0.1) is 16.4 Å². The maximum atomic E-state index is 10.9. The van der Waals surface area contributed by atoms with Crippen LogP contribution in [0.4, 0.5) is 0 Å². The second kappa shape index (κ2) is 7.13. The van der Waals surface area contributed by atoms with Crippen molar-refractivity contribution in [3.8, 4) is 0 Å². The number of aryl methyl sites for hydroxylation is 2. The summed E-state index contributed by atoms with van der Waals surface area (Å²) in [4.78, 5) is 0. The van der Waals surface area contributed by atoms with E-state index in [1.54, 1.807) is 6.26 Å². The Morgan fingerprint density at radius 3 is 2.82 bits per heavy atom. The van der Waals surface area contributed by atoms with E-state index in [-0.39, 0.29) is 0 Å². The Hall–Kier alpha value is -0.390. The van der Waals surface area contributed by atoms with E-state index in [9.17, 15) is 4.21 Å². The molecule has 17 heavy (non-hydrogen) atoms. The molecule has 1 rings (SSSR count). The first-order valence-corrected chi connectivity index (χ1v) is 7.89. The first-order chi connectivity index (χ1) is 8.06. The summed E-state index contributed by atoms with van der Waals surface area (Å²) in [5.74, 6) is 0.743. The number of aromatic nitrogens is 2. The second-order valence-corrected chi connectivity index (χ2v) is 5.90. The maximum absolute atomic E-state index is 10.9. The SMILES string of the molecule is CCn1nc(C)c(Cl)c1CNCCCS(C)=O. The molecule has 0 fully saturated rings. The summed E-state index contributed by atoms with van der Waals surface area (Å²) in [5, 5.41) is 8.41. The van der Waals surface area contributed by atoms with Gasteiger partial charge >= 0.3 is 0 Å². The van der Waals surface area contributed by atoms with Gasteiger partial charge in [0.15, 0.2) is 0 Å². The molecule has 1 heterocycles. The zero-order valence-corrected chi connectivity index (χ0v) is 12.2. The summed E-state index contributed by atoms with van der Waals surface area (Å²) in [5.41, 5.74) is 1.91. The van der Waals surface area contributed by atoms with Crippen molar-refractivity contribution >= 4 is 22.4 Å². The number of rotatable bonds is 7. The normalized spacial score (nSPS) is 12.9. The van der Waals surface area contributed by atoms with Gasteiger partial charge in [-0.05, 0) is 26.8 Å². The first-order valence-electron chi connectivity index (χ1n) is 5.78. The predicted octanol–water partition coefficient (Wildman–Crippen LogP) is 1.72. The van der Waals surface area contributed by atoms with Gasteiger partial charge in [0.25, 0.3) is 0 Å². The van der Waals surface area contributed by atoms with Crippen LogP contribution in [0, 0.1) is 6.92 Å². The highest BCUT2D eigenvalue weighted by molar-refractivity contribution is 7.84. The zero-order valence-electron chi connectivity index (χ0n) is 10.6. The van der Waals surface area contributed by atoms with Crippen LogP contribution < -0.4 is 5.32 Å². The van der Waals surface area contributed by atoms with Gasteiger partial charge in [-0.3, -0.25) is 8.89 Å². The molecule has 0 saturated carbocycles. The van der Waals surface area contributed by atoms with Crippen molar-refractivity contribution in [3.63, 3.8) is 0 Å². The molecule has 0 aromatic carbocycles. The Kier molecular flexibility index (Phi) is 6.16. The molecule has 98 valence electrons. The van der Waals surface area contributed by atoms with Crippen molar-refractivity contribution in [1.82, 2.24) is 15.1 Å². The smallest absolute Gasteiger partial charge is 0.0860 e. The molecule has 0 bridgehead atoms. The van der Waals surface area contributed by atoms with E-state index in [0.29, 0.717) is 6.54 Å². The Morgan fingerprint density at radius 1 is 1.53 bits per heavy atom. The van der Waals surface area contributed by atoms with E-state index in [1.807, 2.05) is 18.5 Å². The van der Waals surface area contributed by atoms with Gasteiger partial charge in [0, 0.05) is 35.9 Å². The molecule has 0 aliphatic carbocycles. The minimum absolute atomic E-state index is 0.703. The lowest BCUT2D eigenvalue weighted by Crippen LogP contribution is -2.19. The molecule has 1 N–H and O–H groups in total. The molecule has 1 unspecified atom stereocenters. The third-order valence-corrected chi connectivity index (χ3v) is 3.89. The number of hydrogen-bond acceptors (Lipinski definition) is 3. The second-order valence-electron chi connectivity index (χ2n) is 3.97. The molecule has 0 radical (unpaired) electrons. The fraction of sp³-hybridized carbons (Fsp3) is 0.727. The topological polar surface area (TPSA) is 46.9 Å². The average molecular weight is 278 g/mol. The quantitative estimate of drug-likeness (QED) is 0.772. The molecule has 1 atom stereocenters. The van der Waals surface area contributed by atoms with Crippen LogP contribution in [0.15, 0.2) is 0 Å². The third kappa shape index (κ3) is 4.41. The molecular formula is C11H20ClN3OS. The number of nitrogens with one attached hydrogen (secondary N) is 1.